The van der Waals surface area contributed by atoms with Crippen LogP contribution >= 0.6 is 0 Å². The van der Waals surface area contributed by atoms with Crippen molar-refractivity contribution in [3.63, 3.8) is 0 Å². The van der Waals surface area contributed by atoms with Crippen molar-refractivity contribution < 1.29 is 13.9 Å². The molecular weight excluding hydrogens is 372 g/mol. The molecule has 152 valence electrons. The second-order valence-corrected chi connectivity index (χ2v) is 6.79. The number of carbonyl (C=O) groups excluding carboxylic acids is 1. The fourth-order valence-electron chi connectivity index (χ4n) is 3.22. The summed E-state index contributed by atoms with van der Waals surface area (Å²) in [5, 5.41) is 7.18. The zero-order valence-corrected chi connectivity index (χ0v) is 16.1. The van der Waals surface area contributed by atoms with Crippen LogP contribution in [0.2, 0.25) is 0 Å². The number of aromatic nitrogens is 3. The minimum Gasteiger partial charge on any atom is -0.443 e. The molecule has 4 rings (SSSR count). The van der Waals surface area contributed by atoms with Crippen molar-refractivity contribution in [1.29, 1.82) is 0 Å². The topological polar surface area (TPSA) is 111 Å². The maximum absolute atomic E-state index is 12.3. The number of nitrogens with one attached hydrogen (secondary N) is 1. The maximum atomic E-state index is 12.3. The molecule has 9 heteroatoms. The maximum Gasteiger partial charge on any atom is 0.273 e. The van der Waals surface area contributed by atoms with Gasteiger partial charge in [0.15, 0.2) is 5.69 Å². The van der Waals surface area contributed by atoms with E-state index in [1.165, 1.54) is 6.26 Å². The molecule has 1 amide bonds. The minimum absolute atomic E-state index is 0.221. The number of hydrogen-bond donors (Lipinski definition) is 2. The number of anilines is 1. The molecule has 0 aliphatic carbocycles. The highest BCUT2D eigenvalue weighted by Gasteiger charge is 2.18. The molecule has 1 aliphatic rings. The summed E-state index contributed by atoms with van der Waals surface area (Å²) in [4.78, 5) is 18.9. The van der Waals surface area contributed by atoms with Crippen LogP contribution in [0.15, 0.2) is 47.2 Å². The quantitative estimate of drug-likeness (QED) is 0.583. The van der Waals surface area contributed by atoms with Crippen molar-refractivity contribution in [2.24, 2.45) is 0 Å². The smallest absolute Gasteiger partial charge is 0.273 e. The lowest BCUT2D eigenvalue weighted by Crippen LogP contribution is -2.38. The number of nitrogen functional groups attached to an aromatic ring is 1. The predicted octanol–water partition coefficient (Wildman–Crippen LogP) is 1.56. The summed E-state index contributed by atoms with van der Waals surface area (Å²) >= 11 is 0. The third kappa shape index (κ3) is 4.47. The minimum atomic E-state index is -0.268. The number of oxazole rings is 1. The van der Waals surface area contributed by atoms with E-state index in [1.807, 2.05) is 30.3 Å². The number of nitrogens with zero attached hydrogens (tertiary/aromatic N) is 4. The van der Waals surface area contributed by atoms with Crippen molar-refractivity contribution in [3.05, 3.63) is 48.5 Å². The van der Waals surface area contributed by atoms with Gasteiger partial charge in [0.05, 0.1) is 30.7 Å². The number of ether oxygens (including phenoxy) is 1. The summed E-state index contributed by atoms with van der Waals surface area (Å²) < 4.78 is 12.4. The fourth-order valence-corrected chi connectivity index (χ4v) is 3.22. The van der Waals surface area contributed by atoms with Crippen LogP contribution in [0.4, 0.5) is 5.82 Å². The Balaban J connectivity index is 1.34. The number of carbonyl (C=O) groups is 1. The van der Waals surface area contributed by atoms with Gasteiger partial charge in [-0.25, -0.2) is 9.67 Å². The summed E-state index contributed by atoms with van der Waals surface area (Å²) in [6.07, 6.45) is 3.79. The Morgan fingerprint density at radius 2 is 2.00 bits per heavy atom. The van der Waals surface area contributed by atoms with Crippen LogP contribution in [-0.4, -0.2) is 65.0 Å². The molecule has 3 heterocycles. The van der Waals surface area contributed by atoms with Gasteiger partial charge in [-0.15, -0.1) is 0 Å². The van der Waals surface area contributed by atoms with Gasteiger partial charge in [-0.05, 0) is 25.1 Å². The van der Waals surface area contributed by atoms with Crippen LogP contribution in [0.5, 0.6) is 0 Å². The molecule has 3 aromatic rings. The fraction of sp³-hybridized carbons (Fsp3) is 0.350. The molecule has 1 saturated heterocycles. The Kier molecular flexibility index (Phi) is 5.87. The van der Waals surface area contributed by atoms with E-state index in [1.54, 1.807) is 10.9 Å². The van der Waals surface area contributed by atoms with E-state index in [9.17, 15) is 4.79 Å². The molecule has 0 bridgehead atoms. The van der Waals surface area contributed by atoms with E-state index >= 15 is 0 Å². The van der Waals surface area contributed by atoms with Crippen LogP contribution in [0.25, 0.3) is 17.1 Å². The van der Waals surface area contributed by atoms with E-state index in [4.69, 9.17) is 14.9 Å². The molecule has 1 aromatic carbocycles. The normalized spacial score (nSPS) is 14.8. The predicted molar refractivity (Wildman–Crippen MR) is 108 cm³/mol. The third-order valence-electron chi connectivity index (χ3n) is 4.81. The Hall–Kier alpha value is -3.17. The second kappa shape index (κ2) is 8.89. The Bertz CT molecular complexity index is 946. The summed E-state index contributed by atoms with van der Waals surface area (Å²) in [5.74, 6) is 0.398. The van der Waals surface area contributed by atoms with E-state index in [0.29, 0.717) is 17.9 Å². The highest BCUT2D eigenvalue weighted by molar-refractivity contribution is 5.92. The number of hydrogen-bond acceptors (Lipinski definition) is 7. The van der Waals surface area contributed by atoms with Gasteiger partial charge in [0.25, 0.3) is 5.91 Å². The van der Waals surface area contributed by atoms with E-state index in [0.717, 1.165) is 45.0 Å². The monoisotopic (exact) mass is 396 g/mol. The van der Waals surface area contributed by atoms with Gasteiger partial charge in [-0.2, -0.15) is 5.10 Å². The summed E-state index contributed by atoms with van der Waals surface area (Å²) in [5.41, 5.74) is 7.80. The first-order valence-electron chi connectivity index (χ1n) is 9.65. The standard InChI is InChI=1S/C20H24N6O3/c21-18-16(13-23-26(18)15-5-2-1-3-6-15)20-24-17(14-29-20)19(27)22-7-4-8-25-9-11-28-12-10-25/h1-3,5-6,13-14H,4,7-12,21H2,(H,22,27). The summed E-state index contributed by atoms with van der Waals surface area (Å²) in [7, 11) is 0. The molecule has 29 heavy (non-hydrogen) atoms. The molecule has 3 N–H and O–H groups in total. The average Bonchev–Trinajstić information content (AvgIpc) is 3.39. The van der Waals surface area contributed by atoms with Crippen molar-refractivity contribution >= 4 is 11.7 Å². The zero-order valence-electron chi connectivity index (χ0n) is 16.1. The van der Waals surface area contributed by atoms with Crippen LogP contribution in [0.3, 0.4) is 0 Å². The number of para-hydroxylation sites is 1. The number of nitrogens with two attached hydrogens (primary N) is 1. The zero-order chi connectivity index (χ0) is 20.1. The van der Waals surface area contributed by atoms with Crippen LogP contribution in [0, 0.1) is 0 Å². The lowest BCUT2D eigenvalue weighted by molar-refractivity contribution is 0.0374. The van der Waals surface area contributed by atoms with Gasteiger partial charge in [0, 0.05) is 19.6 Å². The molecule has 0 unspecified atom stereocenters. The van der Waals surface area contributed by atoms with Gasteiger partial charge < -0.3 is 20.2 Å². The van der Waals surface area contributed by atoms with E-state index in [-0.39, 0.29) is 17.5 Å². The molecule has 0 atom stereocenters. The Morgan fingerprint density at radius 1 is 1.21 bits per heavy atom. The first kappa shape index (κ1) is 19.2. The summed E-state index contributed by atoms with van der Waals surface area (Å²) in [6, 6.07) is 9.53. The molecule has 2 aromatic heterocycles. The highest BCUT2D eigenvalue weighted by Crippen LogP contribution is 2.27. The van der Waals surface area contributed by atoms with Crippen molar-refractivity contribution in [2.75, 3.05) is 45.1 Å². The van der Waals surface area contributed by atoms with Crippen molar-refractivity contribution in [3.8, 4) is 17.1 Å². The molecule has 1 aliphatic heterocycles. The third-order valence-corrected chi connectivity index (χ3v) is 4.81. The second-order valence-electron chi connectivity index (χ2n) is 6.79. The van der Waals surface area contributed by atoms with Gasteiger partial charge in [-0.1, -0.05) is 18.2 Å². The molecule has 0 saturated carbocycles. The van der Waals surface area contributed by atoms with E-state index in [2.05, 4.69) is 20.3 Å². The highest BCUT2D eigenvalue weighted by atomic mass is 16.5. The van der Waals surface area contributed by atoms with Gasteiger partial charge in [0.1, 0.15) is 12.1 Å². The lowest BCUT2D eigenvalue weighted by Gasteiger charge is -2.26. The van der Waals surface area contributed by atoms with Gasteiger partial charge in [-0.3, -0.25) is 9.69 Å². The van der Waals surface area contributed by atoms with Crippen molar-refractivity contribution in [2.45, 2.75) is 6.42 Å². The lowest BCUT2D eigenvalue weighted by atomic mass is 10.3. The molecule has 0 spiro atoms. The molecule has 1 fully saturated rings. The van der Waals surface area contributed by atoms with Crippen LogP contribution < -0.4 is 11.1 Å². The Morgan fingerprint density at radius 3 is 2.79 bits per heavy atom. The SMILES string of the molecule is Nc1c(-c2nc(C(=O)NCCCN3CCOCC3)co2)cnn1-c1ccccc1. The first-order chi connectivity index (χ1) is 14.2. The average molecular weight is 396 g/mol. The molecule has 9 nitrogen and oxygen atoms in total. The summed E-state index contributed by atoms with van der Waals surface area (Å²) in [6.45, 7) is 4.95. The van der Waals surface area contributed by atoms with E-state index < -0.39 is 0 Å². The Labute approximate surface area is 168 Å². The number of rotatable bonds is 7. The van der Waals surface area contributed by atoms with Gasteiger partial charge >= 0.3 is 0 Å². The number of amides is 1. The largest absolute Gasteiger partial charge is 0.443 e. The molecular formula is C20H24N6O3. The number of benzene rings is 1. The van der Waals surface area contributed by atoms with Crippen LogP contribution in [-0.2, 0) is 4.74 Å². The first-order valence-corrected chi connectivity index (χ1v) is 9.65. The van der Waals surface area contributed by atoms with Crippen molar-refractivity contribution in [1.82, 2.24) is 25.0 Å². The van der Waals surface area contributed by atoms with Gasteiger partial charge in [0.2, 0.25) is 5.89 Å². The molecule has 0 radical (unpaired) electrons. The van der Waals surface area contributed by atoms with Crippen LogP contribution in [0.1, 0.15) is 16.9 Å². The number of morpholine rings is 1.